The maximum Gasteiger partial charge on any atom is 0.304 e. The fourth-order valence-corrected chi connectivity index (χ4v) is 2.69. The second-order valence-corrected chi connectivity index (χ2v) is 5.35. The third-order valence-corrected chi connectivity index (χ3v) is 4.13. The van der Waals surface area contributed by atoms with Crippen LogP contribution in [0.5, 0.6) is 0 Å². The van der Waals surface area contributed by atoms with E-state index in [2.05, 4.69) is 12.1 Å². The largest absolute Gasteiger partial charge is 0.481 e. The lowest BCUT2D eigenvalue weighted by Gasteiger charge is -2.12. The highest BCUT2D eigenvalue weighted by Gasteiger charge is 2.46. The molecule has 0 radical (unpaired) electrons. The molecule has 1 fully saturated rings. The molecule has 1 heterocycles. The van der Waals surface area contributed by atoms with Crippen LogP contribution in [0.2, 0.25) is 0 Å². The third-order valence-electron chi connectivity index (χ3n) is 4.13. The van der Waals surface area contributed by atoms with Crippen molar-refractivity contribution in [3.63, 3.8) is 0 Å². The highest BCUT2D eigenvalue weighted by molar-refractivity contribution is 5.83. The Kier molecular flexibility index (Phi) is 2.27. The summed E-state index contributed by atoms with van der Waals surface area (Å²) in [5, 5.41) is 10.1. The Labute approximate surface area is 105 Å². The standard InChI is InChI=1S/C15H16O3/c1-9-10(2)18-13-7-11(3-4-12(9)13)15(5-6-15)8-14(16)17/h3-4,7H,5-6,8H2,1-2H3,(H,16,17). The summed E-state index contributed by atoms with van der Waals surface area (Å²) < 4.78 is 5.72. The van der Waals surface area contributed by atoms with Crippen molar-refractivity contribution < 1.29 is 14.3 Å². The average molecular weight is 244 g/mol. The summed E-state index contributed by atoms with van der Waals surface area (Å²) >= 11 is 0. The second-order valence-electron chi connectivity index (χ2n) is 5.35. The van der Waals surface area contributed by atoms with Crippen LogP contribution in [0.4, 0.5) is 0 Å². The number of aliphatic carboxylic acids is 1. The molecule has 1 saturated carbocycles. The van der Waals surface area contributed by atoms with E-state index < -0.39 is 5.97 Å². The number of carboxylic acid groups (broad SMARTS) is 1. The maximum absolute atomic E-state index is 10.9. The summed E-state index contributed by atoms with van der Waals surface area (Å²) in [6.07, 6.45) is 2.14. The summed E-state index contributed by atoms with van der Waals surface area (Å²) in [7, 11) is 0. The number of rotatable bonds is 3. The van der Waals surface area contributed by atoms with Crippen LogP contribution in [0, 0.1) is 13.8 Å². The van der Waals surface area contributed by atoms with Crippen LogP contribution < -0.4 is 0 Å². The number of hydrogen-bond donors (Lipinski definition) is 1. The fraction of sp³-hybridized carbons (Fsp3) is 0.400. The molecule has 3 nitrogen and oxygen atoms in total. The average Bonchev–Trinajstić information content (AvgIpc) is 3.02. The van der Waals surface area contributed by atoms with Gasteiger partial charge in [0.15, 0.2) is 0 Å². The monoisotopic (exact) mass is 244 g/mol. The number of carbonyl (C=O) groups is 1. The normalized spacial score (nSPS) is 17.0. The van der Waals surface area contributed by atoms with Crippen molar-refractivity contribution in [3.05, 3.63) is 35.1 Å². The number of carboxylic acids is 1. The molecular formula is C15H16O3. The van der Waals surface area contributed by atoms with Gasteiger partial charge in [0, 0.05) is 10.8 Å². The summed E-state index contributed by atoms with van der Waals surface area (Å²) in [6, 6.07) is 6.13. The first-order chi connectivity index (χ1) is 8.52. The van der Waals surface area contributed by atoms with E-state index in [0.717, 1.165) is 35.1 Å². The SMILES string of the molecule is Cc1oc2cc(C3(CC(=O)O)CC3)ccc2c1C. The van der Waals surface area contributed by atoms with Crippen LogP contribution in [0.15, 0.2) is 22.6 Å². The van der Waals surface area contributed by atoms with Crippen molar-refractivity contribution in [3.8, 4) is 0 Å². The number of aryl methyl sites for hydroxylation is 2. The van der Waals surface area contributed by atoms with Crippen molar-refractivity contribution in [1.29, 1.82) is 0 Å². The number of benzene rings is 1. The Morgan fingerprint density at radius 1 is 1.39 bits per heavy atom. The first kappa shape index (κ1) is 11.3. The van der Waals surface area contributed by atoms with Crippen LogP contribution in [0.3, 0.4) is 0 Å². The summed E-state index contributed by atoms with van der Waals surface area (Å²) in [5.41, 5.74) is 3.00. The highest BCUT2D eigenvalue weighted by Crippen LogP contribution is 2.51. The van der Waals surface area contributed by atoms with E-state index in [4.69, 9.17) is 9.52 Å². The van der Waals surface area contributed by atoms with Gasteiger partial charge in [0.05, 0.1) is 6.42 Å². The number of fused-ring (bicyclic) bond motifs is 1. The Hall–Kier alpha value is -1.77. The minimum Gasteiger partial charge on any atom is -0.481 e. The molecule has 0 spiro atoms. The summed E-state index contributed by atoms with van der Waals surface area (Å²) in [6.45, 7) is 4.00. The van der Waals surface area contributed by atoms with Gasteiger partial charge in [-0.3, -0.25) is 4.79 Å². The zero-order chi connectivity index (χ0) is 12.9. The van der Waals surface area contributed by atoms with Crippen LogP contribution in [-0.4, -0.2) is 11.1 Å². The van der Waals surface area contributed by atoms with Gasteiger partial charge >= 0.3 is 5.97 Å². The highest BCUT2D eigenvalue weighted by atomic mass is 16.4. The fourth-order valence-electron chi connectivity index (χ4n) is 2.69. The minimum atomic E-state index is -0.723. The van der Waals surface area contributed by atoms with Crippen LogP contribution in [0.25, 0.3) is 11.0 Å². The van der Waals surface area contributed by atoms with Gasteiger partial charge in [-0.15, -0.1) is 0 Å². The lowest BCUT2D eigenvalue weighted by atomic mass is 9.91. The van der Waals surface area contributed by atoms with Gasteiger partial charge in [-0.1, -0.05) is 12.1 Å². The first-order valence-corrected chi connectivity index (χ1v) is 6.24. The number of furan rings is 1. The van der Waals surface area contributed by atoms with E-state index in [-0.39, 0.29) is 11.8 Å². The molecule has 3 rings (SSSR count). The smallest absolute Gasteiger partial charge is 0.304 e. The molecule has 0 unspecified atom stereocenters. The topological polar surface area (TPSA) is 50.4 Å². The molecule has 1 N–H and O–H groups in total. The van der Waals surface area contributed by atoms with Gasteiger partial charge in [-0.25, -0.2) is 0 Å². The third kappa shape index (κ3) is 1.62. The van der Waals surface area contributed by atoms with Crippen molar-refractivity contribution in [2.45, 2.75) is 38.5 Å². The predicted molar refractivity (Wildman–Crippen MR) is 68.9 cm³/mol. The number of hydrogen-bond acceptors (Lipinski definition) is 2. The molecule has 0 bridgehead atoms. The van der Waals surface area contributed by atoms with E-state index in [1.165, 1.54) is 5.56 Å². The van der Waals surface area contributed by atoms with Gasteiger partial charge in [0.2, 0.25) is 0 Å². The van der Waals surface area contributed by atoms with E-state index in [0.29, 0.717) is 0 Å². The molecule has 1 aliphatic rings. The summed E-state index contributed by atoms with van der Waals surface area (Å²) in [5.74, 6) is 0.213. The van der Waals surface area contributed by atoms with Gasteiger partial charge < -0.3 is 9.52 Å². The van der Waals surface area contributed by atoms with Crippen molar-refractivity contribution >= 4 is 16.9 Å². The first-order valence-electron chi connectivity index (χ1n) is 6.24. The van der Waals surface area contributed by atoms with Crippen molar-refractivity contribution in [1.82, 2.24) is 0 Å². The quantitative estimate of drug-likeness (QED) is 0.898. The van der Waals surface area contributed by atoms with E-state index in [1.54, 1.807) is 0 Å². The zero-order valence-electron chi connectivity index (χ0n) is 10.6. The zero-order valence-corrected chi connectivity index (χ0v) is 10.6. The van der Waals surface area contributed by atoms with Crippen LogP contribution in [-0.2, 0) is 10.2 Å². The van der Waals surface area contributed by atoms with E-state index >= 15 is 0 Å². The molecular weight excluding hydrogens is 228 g/mol. The molecule has 1 aromatic heterocycles. The molecule has 18 heavy (non-hydrogen) atoms. The second kappa shape index (κ2) is 3.61. The molecule has 0 amide bonds. The van der Waals surface area contributed by atoms with Gasteiger partial charge in [0.1, 0.15) is 11.3 Å². The van der Waals surface area contributed by atoms with Crippen LogP contribution in [0.1, 0.15) is 36.1 Å². The van der Waals surface area contributed by atoms with E-state index in [9.17, 15) is 4.79 Å². The molecule has 1 aromatic carbocycles. The summed E-state index contributed by atoms with van der Waals surface area (Å²) in [4.78, 5) is 10.9. The Morgan fingerprint density at radius 2 is 2.11 bits per heavy atom. The molecule has 2 aromatic rings. The maximum atomic E-state index is 10.9. The van der Waals surface area contributed by atoms with Crippen LogP contribution >= 0.6 is 0 Å². The van der Waals surface area contributed by atoms with Crippen molar-refractivity contribution in [2.24, 2.45) is 0 Å². The molecule has 0 aliphatic heterocycles. The molecule has 1 aliphatic carbocycles. The Morgan fingerprint density at radius 3 is 2.72 bits per heavy atom. The van der Waals surface area contributed by atoms with E-state index in [1.807, 2.05) is 19.9 Å². The molecule has 0 saturated heterocycles. The molecule has 3 heteroatoms. The Bertz CT molecular complexity index is 632. The van der Waals surface area contributed by atoms with Gasteiger partial charge in [-0.2, -0.15) is 0 Å². The lowest BCUT2D eigenvalue weighted by molar-refractivity contribution is -0.137. The van der Waals surface area contributed by atoms with Gasteiger partial charge in [-0.05, 0) is 43.9 Å². The van der Waals surface area contributed by atoms with Crippen molar-refractivity contribution in [2.75, 3.05) is 0 Å². The minimum absolute atomic E-state index is 0.144. The lowest BCUT2D eigenvalue weighted by Crippen LogP contribution is -2.12. The van der Waals surface area contributed by atoms with Gasteiger partial charge in [0.25, 0.3) is 0 Å². The molecule has 94 valence electrons. The Balaban J connectivity index is 2.06. The molecule has 0 atom stereocenters. The predicted octanol–water partition coefficient (Wildman–Crippen LogP) is 3.56.